The molecule has 0 radical (unpaired) electrons. The average molecular weight is 462 g/mol. The lowest BCUT2D eigenvalue weighted by Crippen LogP contribution is -2.48. The molecule has 32 heavy (non-hydrogen) atoms. The van der Waals surface area contributed by atoms with E-state index in [4.69, 9.17) is 16.6 Å². The molecule has 0 N–H and O–H groups in total. The second kappa shape index (κ2) is 9.02. The standard InChI is InChI=1S/C26H24ClN3OS/c1-18-7-10-25(32-18)24-16-22(21-15-20(27)8-9-23(21)28-24)26(31)30-13-11-29(12-14-30)17-19-5-3-2-4-6-19/h2-10,15-16H,11-14,17H2,1H3. The summed E-state index contributed by atoms with van der Waals surface area (Å²) < 4.78 is 0. The Labute approximate surface area is 197 Å². The number of amides is 1. The lowest BCUT2D eigenvalue weighted by molar-refractivity contribution is 0.0630. The first-order chi connectivity index (χ1) is 15.6. The van der Waals surface area contributed by atoms with Crippen LogP contribution in [-0.2, 0) is 6.54 Å². The van der Waals surface area contributed by atoms with Crippen molar-refractivity contribution in [3.63, 3.8) is 0 Å². The smallest absolute Gasteiger partial charge is 0.254 e. The topological polar surface area (TPSA) is 36.4 Å². The van der Waals surface area contributed by atoms with Crippen molar-refractivity contribution < 1.29 is 4.79 Å². The number of piperazine rings is 1. The third kappa shape index (κ3) is 4.42. The van der Waals surface area contributed by atoms with Gasteiger partial charge in [-0.25, -0.2) is 4.98 Å². The number of carbonyl (C=O) groups is 1. The summed E-state index contributed by atoms with van der Waals surface area (Å²) in [4.78, 5) is 25.1. The van der Waals surface area contributed by atoms with Crippen LogP contribution in [0.2, 0.25) is 5.02 Å². The lowest BCUT2D eigenvalue weighted by Gasteiger charge is -2.35. The van der Waals surface area contributed by atoms with Gasteiger partial charge < -0.3 is 4.90 Å². The minimum Gasteiger partial charge on any atom is -0.336 e. The number of rotatable bonds is 4. The van der Waals surface area contributed by atoms with Crippen molar-refractivity contribution in [2.75, 3.05) is 26.2 Å². The van der Waals surface area contributed by atoms with E-state index in [0.29, 0.717) is 23.7 Å². The quantitative estimate of drug-likeness (QED) is 0.380. The fourth-order valence-corrected chi connectivity index (χ4v) is 5.19. The minimum atomic E-state index is 0.0496. The molecule has 4 nitrogen and oxygen atoms in total. The molecule has 2 aromatic carbocycles. The van der Waals surface area contributed by atoms with Crippen molar-refractivity contribution in [1.29, 1.82) is 0 Å². The number of carbonyl (C=O) groups excluding carboxylic acids is 1. The van der Waals surface area contributed by atoms with Crippen LogP contribution in [0.4, 0.5) is 0 Å². The largest absolute Gasteiger partial charge is 0.336 e. The Morgan fingerprint density at radius 1 is 1.00 bits per heavy atom. The van der Waals surface area contributed by atoms with E-state index in [0.717, 1.165) is 41.1 Å². The molecule has 5 rings (SSSR count). The Morgan fingerprint density at radius 3 is 2.50 bits per heavy atom. The fraction of sp³-hybridized carbons (Fsp3) is 0.231. The highest BCUT2D eigenvalue weighted by Crippen LogP contribution is 2.31. The zero-order valence-electron chi connectivity index (χ0n) is 17.9. The van der Waals surface area contributed by atoms with Gasteiger partial charge in [-0.15, -0.1) is 11.3 Å². The fourth-order valence-electron chi connectivity index (χ4n) is 4.19. The molecule has 0 aliphatic carbocycles. The van der Waals surface area contributed by atoms with E-state index in [1.165, 1.54) is 10.4 Å². The maximum Gasteiger partial charge on any atom is 0.254 e. The van der Waals surface area contributed by atoms with Gasteiger partial charge in [0.25, 0.3) is 5.91 Å². The van der Waals surface area contributed by atoms with Crippen LogP contribution in [0, 0.1) is 6.92 Å². The molecule has 1 aliphatic heterocycles. The van der Waals surface area contributed by atoms with Gasteiger partial charge in [0.1, 0.15) is 0 Å². The molecule has 0 saturated carbocycles. The Hall–Kier alpha value is -2.73. The third-order valence-corrected chi connectivity index (χ3v) is 7.16. The average Bonchev–Trinajstić information content (AvgIpc) is 3.25. The molecule has 1 aliphatic rings. The van der Waals surface area contributed by atoms with Crippen molar-refractivity contribution >= 4 is 39.7 Å². The first kappa shape index (κ1) is 21.1. The van der Waals surface area contributed by atoms with E-state index in [9.17, 15) is 4.79 Å². The second-order valence-corrected chi connectivity index (χ2v) is 9.91. The summed E-state index contributed by atoms with van der Waals surface area (Å²) in [5, 5.41) is 1.42. The summed E-state index contributed by atoms with van der Waals surface area (Å²) in [6.07, 6.45) is 0. The van der Waals surface area contributed by atoms with Gasteiger partial charge in [0.2, 0.25) is 0 Å². The molecular formula is C26H24ClN3OS. The Bertz CT molecular complexity index is 1260. The van der Waals surface area contributed by atoms with E-state index in [1.807, 2.05) is 35.2 Å². The summed E-state index contributed by atoms with van der Waals surface area (Å²) in [6, 6.07) is 22.2. The van der Waals surface area contributed by atoms with E-state index in [-0.39, 0.29) is 5.91 Å². The van der Waals surface area contributed by atoms with Crippen molar-refractivity contribution in [2.45, 2.75) is 13.5 Å². The van der Waals surface area contributed by atoms with Crippen molar-refractivity contribution in [1.82, 2.24) is 14.8 Å². The monoisotopic (exact) mass is 461 g/mol. The number of benzene rings is 2. The lowest BCUT2D eigenvalue weighted by atomic mass is 10.0. The molecule has 1 amide bonds. The maximum atomic E-state index is 13.6. The molecule has 1 saturated heterocycles. The van der Waals surface area contributed by atoms with Gasteiger partial charge in [0.05, 0.1) is 21.7 Å². The van der Waals surface area contributed by atoms with Crippen LogP contribution in [0.15, 0.2) is 66.7 Å². The summed E-state index contributed by atoms with van der Waals surface area (Å²) in [5.74, 6) is 0.0496. The van der Waals surface area contributed by atoms with Crippen LogP contribution in [0.25, 0.3) is 21.5 Å². The molecule has 0 atom stereocenters. The molecule has 0 spiro atoms. The molecular weight excluding hydrogens is 438 g/mol. The van der Waals surface area contributed by atoms with E-state index >= 15 is 0 Å². The van der Waals surface area contributed by atoms with Gasteiger partial charge in [0.15, 0.2) is 0 Å². The van der Waals surface area contributed by atoms with Crippen LogP contribution >= 0.6 is 22.9 Å². The summed E-state index contributed by atoms with van der Waals surface area (Å²) in [7, 11) is 0. The van der Waals surface area contributed by atoms with Gasteiger partial charge in [0, 0.05) is 48.0 Å². The highest BCUT2D eigenvalue weighted by molar-refractivity contribution is 7.15. The highest BCUT2D eigenvalue weighted by atomic mass is 35.5. The van der Waals surface area contributed by atoms with Crippen LogP contribution in [0.1, 0.15) is 20.8 Å². The van der Waals surface area contributed by atoms with Crippen LogP contribution < -0.4 is 0 Å². The Balaban J connectivity index is 1.41. The van der Waals surface area contributed by atoms with Crippen molar-refractivity contribution in [3.8, 4) is 10.6 Å². The number of hydrogen-bond donors (Lipinski definition) is 0. The van der Waals surface area contributed by atoms with E-state index in [1.54, 1.807) is 11.3 Å². The normalized spacial score (nSPS) is 14.8. The summed E-state index contributed by atoms with van der Waals surface area (Å²) in [5.41, 5.74) is 3.61. The number of thiophene rings is 1. The number of fused-ring (bicyclic) bond motifs is 1. The SMILES string of the molecule is Cc1ccc(-c2cc(C(=O)N3CCN(Cc4ccccc4)CC3)c3cc(Cl)ccc3n2)s1. The Kier molecular flexibility index (Phi) is 5.96. The Morgan fingerprint density at radius 2 is 1.78 bits per heavy atom. The molecule has 6 heteroatoms. The first-order valence-corrected chi connectivity index (χ1v) is 12.0. The van der Waals surface area contributed by atoms with Crippen LogP contribution in [-0.4, -0.2) is 46.9 Å². The third-order valence-electron chi connectivity index (χ3n) is 5.90. The molecule has 162 valence electrons. The number of aromatic nitrogens is 1. The number of nitrogens with zero attached hydrogens (tertiary/aromatic N) is 3. The number of aryl methyl sites for hydroxylation is 1. The number of pyridine rings is 1. The second-order valence-electron chi connectivity index (χ2n) is 8.18. The van der Waals surface area contributed by atoms with Crippen molar-refractivity contribution in [2.24, 2.45) is 0 Å². The summed E-state index contributed by atoms with van der Waals surface area (Å²) >= 11 is 7.97. The maximum absolute atomic E-state index is 13.6. The van der Waals surface area contributed by atoms with Gasteiger partial charge in [-0.2, -0.15) is 0 Å². The van der Waals surface area contributed by atoms with Gasteiger partial charge >= 0.3 is 0 Å². The molecule has 3 heterocycles. The van der Waals surface area contributed by atoms with Crippen LogP contribution in [0.5, 0.6) is 0 Å². The molecule has 2 aromatic heterocycles. The highest BCUT2D eigenvalue weighted by Gasteiger charge is 2.24. The van der Waals surface area contributed by atoms with Crippen molar-refractivity contribution in [3.05, 3.63) is 87.8 Å². The van der Waals surface area contributed by atoms with Crippen LogP contribution in [0.3, 0.4) is 0 Å². The van der Waals surface area contributed by atoms with Gasteiger partial charge in [-0.1, -0.05) is 41.9 Å². The predicted molar refractivity (Wildman–Crippen MR) is 132 cm³/mol. The predicted octanol–water partition coefficient (Wildman–Crippen LogP) is 5.88. The molecule has 1 fully saturated rings. The summed E-state index contributed by atoms with van der Waals surface area (Å²) in [6.45, 7) is 6.14. The molecule has 0 unspecified atom stereocenters. The first-order valence-electron chi connectivity index (χ1n) is 10.8. The molecule has 4 aromatic rings. The van der Waals surface area contributed by atoms with E-state index < -0.39 is 0 Å². The number of halogens is 1. The zero-order valence-corrected chi connectivity index (χ0v) is 19.5. The molecule has 0 bridgehead atoms. The minimum absolute atomic E-state index is 0.0496. The van der Waals surface area contributed by atoms with E-state index in [2.05, 4.69) is 48.2 Å². The van der Waals surface area contributed by atoms with Gasteiger partial charge in [-0.05, 0) is 48.9 Å². The van der Waals surface area contributed by atoms with Gasteiger partial charge in [-0.3, -0.25) is 9.69 Å². The zero-order chi connectivity index (χ0) is 22.1. The number of hydrogen-bond acceptors (Lipinski definition) is 4.